The normalized spacial score (nSPS) is 20.5. The number of ether oxygens (including phenoxy) is 2. The third-order valence-electron chi connectivity index (χ3n) is 4.75. The van der Waals surface area contributed by atoms with E-state index in [1.54, 1.807) is 13.8 Å². The Bertz CT molecular complexity index is 614. The van der Waals surface area contributed by atoms with Gasteiger partial charge in [0.15, 0.2) is 0 Å². The van der Waals surface area contributed by atoms with Gasteiger partial charge in [-0.1, -0.05) is 31.1 Å². The lowest BCUT2D eigenvalue weighted by molar-refractivity contribution is -0.0681. The lowest BCUT2D eigenvalue weighted by Gasteiger charge is -2.35. The first-order valence-corrected chi connectivity index (χ1v) is 10.7. The van der Waals surface area contributed by atoms with E-state index in [0.29, 0.717) is 12.2 Å². The van der Waals surface area contributed by atoms with Crippen molar-refractivity contribution in [2.75, 3.05) is 26.2 Å². The van der Waals surface area contributed by atoms with E-state index in [9.17, 15) is 5.11 Å². The van der Waals surface area contributed by atoms with Crippen molar-refractivity contribution in [3.05, 3.63) is 29.8 Å². The average Bonchev–Trinajstić information content (AvgIpc) is 2.62. The van der Waals surface area contributed by atoms with Crippen molar-refractivity contribution < 1.29 is 14.6 Å². The first-order chi connectivity index (χ1) is 13.3. The van der Waals surface area contributed by atoms with Crippen LogP contribution in [0.1, 0.15) is 65.4 Å². The summed E-state index contributed by atoms with van der Waals surface area (Å²) in [5, 5.41) is 9.64. The first-order valence-electron chi connectivity index (χ1n) is 10.7. The van der Waals surface area contributed by atoms with Crippen LogP contribution in [0.15, 0.2) is 24.3 Å². The quantitative estimate of drug-likeness (QED) is 0.508. The molecular weight excluding hydrogens is 350 g/mol. The van der Waals surface area contributed by atoms with E-state index in [4.69, 9.17) is 9.47 Å². The molecule has 1 aliphatic heterocycles. The molecule has 1 saturated heterocycles. The minimum absolute atomic E-state index is 0.364. The van der Waals surface area contributed by atoms with Gasteiger partial charge in [0.2, 0.25) is 0 Å². The Hall–Kier alpha value is -1.54. The second-order valence-corrected chi connectivity index (χ2v) is 8.47. The molecule has 0 unspecified atom stereocenters. The molecule has 4 heteroatoms. The third-order valence-corrected chi connectivity index (χ3v) is 4.75. The van der Waals surface area contributed by atoms with Gasteiger partial charge in [0.05, 0.1) is 18.8 Å². The van der Waals surface area contributed by atoms with Crippen LogP contribution in [0.2, 0.25) is 0 Å². The van der Waals surface area contributed by atoms with Crippen molar-refractivity contribution in [1.82, 2.24) is 4.90 Å². The number of hydrogen-bond donors (Lipinski definition) is 1. The van der Waals surface area contributed by atoms with Crippen LogP contribution in [0.3, 0.4) is 0 Å². The van der Waals surface area contributed by atoms with E-state index < -0.39 is 5.60 Å². The Morgan fingerprint density at radius 2 is 1.64 bits per heavy atom. The van der Waals surface area contributed by atoms with Gasteiger partial charge in [0.25, 0.3) is 0 Å². The molecule has 1 fully saturated rings. The molecule has 0 bridgehead atoms. The Morgan fingerprint density at radius 1 is 1.04 bits per heavy atom. The second kappa shape index (κ2) is 11.5. The number of aliphatic hydroxyl groups is 1. The van der Waals surface area contributed by atoms with Gasteiger partial charge in [-0.25, -0.2) is 0 Å². The van der Waals surface area contributed by atoms with E-state index in [-0.39, 0.29) is 0 Å². The number of unbranched alkanes of at least 4 members (excludes halogenated alkanes) is 4. The molecular formula is C24H37NO3. The van der Waals surface area contributed by atoms with Crippen molar-refractivity contribution in [3.8, 4) is 17.6 Å². The fourth-order valence-electron chi connectivity index (χ4n) is 3.48. The topological polar surface area (TPSA) is 41.9 Å². The molecule has 4 nitrogen and oxygen atoms in total. The fraction of sp³-hybridized carbons (Fsp3) is 0.667. The summed E-state index contributed by atoms with van der Waals surface area (Å²) < 4.78 is 11.6. The Morgan fingerprint density at radius 3 is 2.29 bits per heavy atom. The minimum Gasteiger partial charge on any atom is -0.494 e. The largest absolute Gasteiger partial charge is 0.494 e. The summed E-state index contributed by atoms with van der Waals surface area (Å²) in [5.74, 6) is 6.66. The van der Waals surface area contributed by atoms with E-state index in [1.807, 2.05) is 24.3 Å². The van der Waals surface area contributed by atoms with Crippen LogP contribution in [-0.2, 0) is 4.74 Å². The molecule has 1 N–H and O–H groups in total. The Kier molecular flexibility index (Phi) is 9.31. The van der Waals surface area contributed by atoms with Crippen molar-refractivity contribution >= 4 is 0 Å². The van der Waals surface area contributed by atoms with Gasteiger partial charge in [-0.15, -0.1) is 0 Å². The van der Waals surface area contributed by atoms with Gasteiger partial charge in [-0.2, -0.15) is 0 Å². The van der Waals surface area contributed by atoms with Gasteiger partial charge in [-0.05, 0) is 71.3 Å². The Balaban J connectivity index is 1.52. The summed E-state index contributed by atoms with van der Waals surface area (Å²) in [6.45, 7) is 11.8. The van der Waals surface area contributed by atoms with E-state index >= 15 is 0 Å². The lowest BCUT2D eigenvalue weighted by atomic mass is 10.1. The van der Waals surface area contributed by atoms with Crippen LogP contribution in [0, 0.1) is 11.8 Å². The van der Waals surface area contributed by atoms with Crippen LogP contribution in [0.4, 0.5) is 0 Å². The molecule has 1 aromatic rings. The minimum atomic E-state index is -0.964. The van der Waals surface area contributed by atoms with Gasteiger partial charge in [-0.3, -0.25) is 4.90 Å². The van der Waals surface area contributed by atoms with Crippen molar-refractivity contribution in [2.45, 2.75) is 77.6 Å². The molecule has 0 aromatic heterocycles. The molecule has 0 amide bonds. The van der Waals surface area contributed by atoms with Gasteiger partial charge in [0, 0.05) is 18.7 Å². The SMILES string of the molecule is C[C@@H]1CN(CCCCCCCOc2ccc(C#CC(C)(C)O)cc2)C[C@H](C)O1. The summed E-state index contributed by atoms with van der Waals surface area (Å²) >= 11 is 0. The number of benzene rings is 1. The molecule has 28 heavy (non-hydrogen) atoms. The molecule has 1 aromatic carbocycles. The van der Waals surface area contributed by atoms with Crippen molar-refractivity contribution in [3.63, 3.8) is 0 Å². The van der Waals surface area contributed by atoms with Crippen molar-refractivity contribution in [2.24, 2.45) is 0 Å². The number of hydrogen-bond acceptors (Lipinski definition) is 4. The van der Waals surface area contributed by atoms with E-state index in [1.165, 1.54) is 32.2 Å². The summed E-state index contributed by atoms with van der Waals surface area (Å²) in [5.41, 5.74) is -0.0765. The molecule has 1 aliphatic rings. The molecule has 0 saturated carbocycles. The maximum atomic E-state index is 9.64. The van der Waals surface area contributed by atoms with Gasteiger partial charge in [0.1, 0.15) is 11.4 Å². The summed E-state index contributed by atoms with van der Waals surface area (Å²) in [6.07, 6.45) is 6.86. The zero-order chi connectivity index (χ0) is 20.4. The highest BCUT2D eigenvalue weighted by molar-refractivity contribution is 5.39. The van der Waals surface area contributed by atoms with E-state index in [2.05, 4.69) is 30.6 Å². The number of nitrogens with zero attached hydrogens (tertiary/aromatic N) is 1. The Labute approximate surface area is 171 Å². The predicted molar refractivity (Wildman–Crippen MR) is 115 cm³/mol. The van der Waals surface area contributed by atoms with Gasteiger partial charge >= 0.3 is 0 Å². The summed E-state index contributed by atoms with van der Waals surface area (Å²) in [7, 11) is 0. The standard InChI is InChI=1S/C24H37NO3/c1-20-18-25(19-21(2)28-20)16-8-6-5-7-9-17-27-23-12-10-22(11-13-23)14-15-24(3,4)26/h10-13,20-21,26H,5-9,16-19H2,1-4H3/t20-,21+. The molecule has 0 aliphatic carbocycles. The highest BCUT2D eigenvalue weighted by atomic mass is 16.5. The molecule has 1 heterocycles. The molecule has 0 spiro atoms. The maximum Gasteiger partial charge on any atom is 0.120 e. The third kappa shape index (κ3) is 9.59. The highest BCUT2D eigenvalue weighted by Crippen LogP contribution is 2.14. The van der Waals surface area contributed by atoms with Gasteiger partial charge < -0.3 is 14.6 Å². The average molecular weight is 388 g/mol. The smallest absolute Gasteiger partial charge is 0.120 e. The number of rotatable bonds is 9. The fourth-order valence-corrected chi connectivity index (χ4v) is 3.48. The highest BCUT2D eigenvalue weighted by Gasteiger charge is 2.21. The van der Waals surface area contributed by atoms with Crippen molar-refractivity contribution in [1.29, 1.82) is 0 Å². The van der Waals surface area contributed by atoms with Crippen LogP contribution < -0.4 is 4.74 Å². The van der Waals surface area contributed by atoms with Crippen LogP contribution in [0.5, 0.6) is 5.75 Å². The molecule has 0 radical (unpaired) electrons. The summed E-state index contributed by atoms with van der Waals surface area (Å²) in [4.78, 5) is 2.54. The first kappa shape index (κ1) is 22.7. The zero-order valence-corrected chi connectivity index (χ0v) is 18.0. The van der Waals surface area contributed by atoms with Crippen LogP contribution in [-0.4, -0.2) is 54.1 Å². The molecule has 156 valence electrons. The molecule has 2 rings (SSSR count). The molecule has 2 atom stereocenters. The monoisotopic (exact) mass is 387 g/mol. The van der Waals surface area contributed by atoms with E-state index in [0.717, 1.165) is 37.4 Å². The predicted octanol–water partition coefficient (Wildman–Crippen LogP) is 4.25. The second-order valence-electron chi connectivity index (χ2n) is 8.47. The zero-order valence-electron chi connectivity index (χ0n) is 18.0. The van der Waals surface area contributed by atoms with Crippen LogP contribution >= 0.6 is 0 Å². The lowest BCUT2D eigenvalue weighted by Crippen LogP contribution is -2.45. The number of morpholine rings is 1. The maximum absolute atomic E-state index is 9.64. The van der Waals surface area contributed by atoms with Crippen LogP contribution in [0.25, 0.3) is 0 Å². The summed E-state index contributed by atoms with van der Waals surface area (Å²) in [6, 6.07) is 7.75.